The van der Waals surface area contributed by atoms with Crippen molar-refractivity contribution in [1.29, 1.82) is 0 Å². The van der Waals surface area contributed by atoms with Crippen LogP contribution in [0.25, 0.3) is 5.65 Å². The predicted molar refractivity (Wildman–Crippen MR) is 93.5 cm³/mol. The number of pyridine rings is 1. The maximum Gasteiger partial charge on any atom is 0.284 e. The zero-order valence-electron chi connectivity index (χ0n) is 13.8. The molecule has 0 aliphatic carbocycles. The highest BCUT2D eigenvalue weighted by molar-refractivity contribution is 9.10. The summed E-state index contributed by atoms with van der Waals surface area (Å²) in [5.74, 6) is -0.0867. The molecule has 1 aliphatic heterocycles. The zero-order valence-corrected chi connectivity index (χ0v) is 15.4. The lowest BCUT2D eigenvalue weighted by Gasteiger charge is -2.32. The molecule has 1 saturated heterocycles. The van der Waals surface area contributed by atoms with Gasteiger partial charge in [0.1, 0.15) is 11.3 Å². The molecule has 23 heavy (non-hydrogen) atoms. The normalized spacial score (nSPS) is 16.9. The van der Waals surface area contributed by atoms with E-state index in [1.807, 2.05) is 35.5 Å². The molecule has 1 fully saturated rings. The topological polar surface area (TPSA) is 52.9 Å². The van der Waals surface area contributed by atoms with E-state index in [1.54, 1.807) is 0 Å². The highest BCUT2D eigenvalue weighted by Crippen LogP contribution is 2.21. The Bertz CT molecular complexity index is 734. The number of hydrogen-bond acceptors (Lipinski definition) is 4. The fourth-order valence-corrected chi connectivity index (χ4v) is 3.47. The SMILES string of the molecule is CCc1nc2c(C)cc(Br)cn2c1C(=O)NN1CCN(C)CC1. The minimum absolute atomic E-state index is 0.0867. The lowest BCUT2D eigenvalue weighted by Crippen LogP contribution is -2.52. The molecule has 0 radical (unpaired) electrons. The summed E-state index contributed by atoms with van der Waals surface area (Å²) in [6.07, 6.45) is 2.64. The maximum atomic E-state index is 12.8. The van der Waals surface area contributed by atoms with Gasteiger partial charge in [-0.15, -0.1) is 0 Å². The quantitative estimate of drug-likeness (QED) is 0.884. The van der Waals surface area contributed by atoms with Gasteiger partial charge in [-0.05, 0) is 48.0 Å². The van der Waals surface area contributed by atoms with Gasteiger partial charge in [-0.1, -0.05) is 6.92 Å². The first-order valence-electron chi connectivity index (χ1n) is 7.91. The van der Waals surface area contributed by atoms with Gasteiger partial charge in [-0.2, -0.15) is 0 Å². The third-order valence-corrected chi connectivity index (χ3v) is 4.69. The number of hydrazine groups is 1. The Morgan fingerprint density at radius 1 is 1.35 bits per heavy atom. The molecule has 1 aliphatic rings. The van der Waals surface area contributed by atoms with Crippen LogP contribution in [0.3, 0.4) is 0 Å². The number of fused-ring (bicyclic) bond motifs is 1. The first-order valence-corrected chi connectivity index (χ1v) is 8.70. The molecule has 6 nitrogen and oxygen atoms in total. The summed E-state index contributed by atoms with van der Waals surface area (Å²) in [6, 6.07) is 2.02. The molecule has 0 unspecified atom stereocenters. The van der Waals surface area contributed by atoms with Crippen LogP contribution in [0.4, 0.5) is 0 Å². The van der Waals surface area contributed by atoms with E-state index >= 15 is 0 Å². The minimum Gasteiger partial charge on any atom is -0.304 e. The molecular weight excluding hydrogens is 358 g/mol. The number of imidazole rings is 1. The number of nitrogens with one attached hydrogen (secondary N) is 1. The Kier molecular flexibility index (Phi) is 4.70. The fraction of sp³-hybridized carbons (Fsp3) is 0.500. The summed E-state index contributed by atoms with van der Waals surface area (Å²) in [4.78, 5) is 19.7. The van der Waals surface area contributed by atoms with Crippen LogP contribution in [0.2, 0.25) is 0 Å². The molecule has 2 aromatic heterocycles. The van der Waals surface area contributed by atoms with Gasteiger partial charge in [-0.3, -0.25) is 14.6 Å². The molecule has 1 N–H and O–H groups in total. The number of aromatic nitrogens is 2. The van der Waals surface area contributed by atoms with Gasteiger partial charge in [0.25, 0.3) is 5.91 Å². The Hall–Kier alpha value is -1.44. The van der Waals surface area contributed by atoms with Crippen molar-refractivity contribution in [1.82, 2.24) is 24.7 Å². The van der Waals surface area contributed by atoms with Crippen molar-refractivity contribution in [2.24, 2.45) is 0 Å². The highest BCUT2D eigenvalue weighted by Gasteiger charge is 2.22. The van der Waals surface area contributed by atoms with Gasteiger partial charge >= 0.3 is 0 Å². The van der Waals surface area contributed by atoms with Crippen LogP contribution in [0, 0.1) is 6.92 Å². The van der Waals surface area contributed by atoms with Gasteiger partial charge in [0.05, 0.1) is 5.69 Å². The van der Waals surface area contributed by atoms with Gasteiger partial charge in [0.15, 0.2) is 0 Å². The van der Waals surface area contributed by atoms with Gasteiger partial charge in [0, 0.05) is 36.8 Å². The predicted octanol–water partition coefficient (Wildman–Crippen LogP) is 1.86. The average molecular weight is 380 g/mol. The van der Waals surface area contributed by atoms with E-state index in [0.717, 1.165) is 54.0 Å². The van der Waals surface area contributed by atoms with E-state index in [1.165, 1.54) is 0 Å². The van der Waals surface area contributed by atoms with Crippen molar-refractivity contribution in [2.75, 3.05) is 33.2 Å². The molecule has 124 valence electrons. The molecule has 2 aromatic rings. The van der Waals surface area contributed by atoms with Gasteiger partial charge in [0.2, 0.25) is 0 Å². The van der Waals surface area contributed by atoms with E-state index in [-0.39, 0.29) is 5.91 Å². The van der Waals surface area contributed by atoms with E-state index in [2.05, 4.69) is 38.3 Å². The third-order valence-electron chi connectivity index (χ3n) is 4.26. The molecule has 0 spiro atoms. The number of aryl methyl sites for hydroxylation is 2. The Balaban J connectivity index is 1.93. The first-order chi connectivity index (χ1) is 11.0. The number of carbonyl (C=O) groups excluding carboxylic acids is 1. The monoisotopic (exact) mass is 379 g/mol. The van der Waals surface area contributed by atoms with Crippen LogP contribution in [0.5, 0.6) is 0 Å². The summed E-state index contributed by atoms with van der Waals surface area (Å²) in [7, 11) is 2.10. The Morgan fingerprint density at radius 2 is 2.04 bits per heavy atom. The maximum absolute atomic E-state index is 12.8. The van der Waals surface area contributed by atoms with E-state index < -0.39 is 0 Å². The van der Waals surface area contributed by atoms with Crippen LogP contribution in [0.1, 0.15) is 28.7 Å². The van der Waals surface area contributed by atoms with E-state index in [4.69, 9.17) is 0 Å². The number of carbonyl (C=O) groups is 1. The Morgan fingerprint density at radius 3 is 2.70 bits per heavy atom. The molecular formula is C16H22BrN5O. The van der Waals surface area contributed by atoms with Crippen LogP contribution in [0.15, 0.2) is 16.7 Å². The van der Waals surface area contributed by atoms with Crippen molar-refractivity contribution in [2.45, 2.75) is 20.3 Å². The van der Waals surface area contributed by atoms with Crippen LogP contribution in [-0.2, 0) is 6.42 Å². The van der Waals surface area contributed by atoms with Crippen molar-refractivity contribution in [3.8, 4) is 0 Å². The van der Waals surface area contributed by atoms with Crippen LogP contribution < -0.4 is 5.43 Å². The number of hydrogen-bond donors (Lipinski definition) is 1. The summed E-state index contributed by atoms with van der Waals surface area (Å²) in [5.41, 5.74) is 6.39. The molecule has 0 atom stereocenters. The average Bonchev–Trinajstić information content (AvgIpc) is 2.88. The van der Waals surface area contributed by atoms with Crippen molar-refractivity contribution < 1.29 is 4.79 Å². The standard InChI is InChI=1S/C16H22BrN5O/c1-4-13-14(16(23)19-21-7-5-20(3)6-8-21)22-10-12(17)9-11(2)15(22)18-13/h9-10H,4-8H2,1-3H3,(H,19,23). The number of rotatable bonds is 3. The molecule has 3 rings (SSSR count). The largest absolute Gasteiger partial charge is 0.304 e. The second kappa shape index (κ2) is 6.59. The van der Waals surface area contributed by atoms with Crippen molar-refractivity contribution >= 4 is 27.5 Å². The molecule has 0 bridgehead atoms. The summed E-state index contributed by atoms with van der Waals surface area (Å²) in [5, 5.41) is 1.99. The molecule has 1 amide bonds. The smallest absolute Gasteiger partial charge is 0.284 e. The van der Waals surface area contributed by atoms with E-state index in [0.29, 0.717) is 5.69 Å². The fourth-order valence-electron chi connectivity index (χ4n) is 2.92. The second-order valence-electron chi connectivity index (χ2n) is 6.03. The number of likely N-dealkylation sites (N-methyl/N-ethyl adjacent to an activating group) is 1. The second-order valence-corrected chi connectivity index (χ2v) is 6.94. The van der Waals surface area contributed by atoms with Crippen molar-refractivity contribution in [3.05, 3.63) is 33.7 Å². The molecule has 0 saturated carbocycles. The summed E-state index contributed by atoms with van der Waals surface area (Å²) >= 11 is 3.51. The number of piperazine rings is 1. The Labute approximate surface area is 144 Å². The lowest BCUT2D eigenvalue weighted by atomic mass is 10.2. The third kappa shape index (κ3) is 3.27. The van der Waals surface area contributed by atoms with Crippen LogP contribution in [-0.4, -0.2) is 58.4 Å². The molecule has 7 heteroatoms. The zero-order chi connectivity index (χ0) is 16.6. The van der Waals surface area contributed by atoms with Crippen LogP contribution >= 0.6 is 15.9 Å². The van der Waals surface area contributed by atoms with Gasteiger partial charge < -0.3 is 4.90 Å². The minimum atomic E-state index is -0.0867. The number of nitrogens with zero attached hydrogens (tertiary/aromatic N) is 4. The first kappa shape index (κ1) is 16.4. The summed E-state index contributed by atoms with van der Waals surface area (Å²) < 4.78 is 2.83. The lowest BCUT2D eigenvalue weighted by molar-refractivity contribution is 0.0656. The number of amides is 1. The van der Waals surface area contributed by atoms with Crippen molar-refractivity contribution in [3.63, 3.8) is 0 Å². The van der Waals surface area contributed by atoms with E-state index in [9.17, 15) is 4.79 Å². The summed E-state index contributed by atoms with van der Waals surface area (Å²) in [6.45, 7) is 7.62. The number of halogens is 1. The molecule has 3 heterocycles. The van der Waals surface area contributed by atoms with Gasteiger partial charge in [-0.25, -0.2) is 9.99 Å². The highest BCUT2D eigenvalue weighted by atomic mass is 79.9. The molecule has 0 aromatic carbocycles.